The third kappa shape index (κ3) is 3.99. The molecule has 0 aliphatic heterocycles. The van der Waals surface area contributed by atoms with Crippen LogP contribution in [-0.2, 0) is 6.54 Å². The molecule has 2 rings (SSSR count). The van der Waals surface area contributed by atoms with Gasteiger partial charge < -0.3 is 15.2 Å². The summed E-state index contributed by atoms with van der Waals surface area (Å²) in [6.07, 6.45) is 0. The quantitative estimate of drug-likeness (QED) is 0.849. The van der Waals surface area contributed by atoms with Crippen molar-refractivity contribution in [2.24, 2.45) is 0 Å². The zero-order valence-corrected chi connectivity index (χ0v) is 12.2. The van der Waals surface area contributed by atoms with Crippen molar-refractivity contribution >= 4 is 11.7 Å². The van der Waals surface area contributed by atoms with Gasteiger partial charge in [0.1, 0.15) is 5.75 Å². The molecule has 4 nitrogen and oxygen atoms in total. The Kier molecular flexibility index (Phi) is 4.82. The summed E-state index contributed by atoms with van der Waals surface area (Å²) in [5, 5.41) is 12.2. The maximum Gasteiger partial charge on any atom is 0.335 e. The van der Waals surface area contributed by atoms with Gasteiger partial charge in [-0.1, -0.05) is 12.1 Å². The van der Waals surface area contributed by atoms with Crippen LogP contribution >= 0.6 is 0 Å². The van der Waals surface area contributed by atoms with Crippen LogP contribution in [0.5, 0.6) is 5.75 Å². The van der Waals surface area contributed by atoms with Crippen molar-refractivity contribution in [2.45, 2.75) is 20.4 Å². The first-order chi connectivity index (χ1) is 10.1. The van der Waals surface area contributed by atoms with E-state index in [9.17, 15) is 4.79 Å². The Bertz CT molecular complexity index is 620. The Labute approximate surface area is 124 Å². The van der Waals surface area contributed by atoms with Gasteiger partial charge in [-0.15, -0.1) is 0 Å². The number of nitrogens with one attached hydrogen (secondary N) is 1. The van der Waals surface area contributed by atoms with Crippen molar-refractivity contribution in [3.8, 4) is 5.75 Å². The minimum absolute atomic E-state index is 0.302. The second-order valence-corrected chi connectivity index (χ2v) is 4.77. The summed E-state index contributed by atoms with van der Waals surface area (Å²) < 4.78 is 5.46. The van der Waals surface area contributed by atoms with Crippen LogP contribution in [0.1, 0.15) is 28.4 Å². The number of aromatic carboxylic acids is 1. The number of ether oxygens (including phenoxy) is 1. The minimum atomic E-state index is -0.906. The molecule has 110 valence electrons. The highest BCUT2D eigenvalue weighted by molar-refractivity contribution is 5.87. The monoisotopic (exact) mass is 285 g/mol. The Morgan fingerprint density at radius 2 is 1.90 bits per heavy atom. The van der Waals surface area contributed by atoms with E-state index in [0.29, 0.717) is 18.7 Å². The molecule has 0 unspecified atom stereocenters. The highest BCUT2D eigenvalue weighted by Crippen LogP contribution is 2.22. The molecule has 21 heavy (non-hydrogen) atoms. The average Bonchev–Trinajstić information content (AvgIpc) is 2.47. The second kappa shape index (κ2) is 6.79. The van der Waals surface area contributed by atoms with Crippen molar-refractivity contribution in [2.75, 3.05) is 11.9 Å². The normalized spacial score (nSPS) is 10.2. The predicted molar refractivity (Wildman–Crippen MR) is 83.1 cm³/mol. The molecule has 0 aliphatic rings. The van der Waals surface area contributed by atoms with Gasteiger partial charge in [0.15, 0.2) is 0 Å². The summed E-state index contributed by atoms with van der Waals surface area (Å²) in [7, 11) is 0. The Balaban J connectivity index is 2.00. The number of anilines is 1. The largest absolute Gasteiger partial charge is 0.494 e. The smallest absolute Gasteiger partial charge is 0.335 e. The molecule has 4 heteroatoms. The van der Waals surface area contributed by atoms with Gasteiger partial charge in [0, 0.05) is 12.2 Å². The van der Waals surface area contributed by atoms with E-state index < -0.39 is 5.97 Å². The molecular weight excluding hydrogens is 266 g/mol. The average molecular weight is 285 g/mol. The van der Waals surface area contributed by atoms with Gasteiger partial charge in [0.2, 0.25) is 0 Å². The van der Waals surface area contributed by atoms with Gasteiger partial charge in [-0.3, -0.25) is 0 Å². The van der Waals surface area contributed by atoms with Crippen molar-refractivity contribution in [3.63, 3.8) is 0 Å². The van der Waals surface area contributed by atoms with Crippen molar-refractivity contribution < 1.29 is 14.6 Å². The lowest BCUT2D eigenvalue weighted by Gasteiger charge is -2.11. The molecular formula is C17H19NO3. The topological polar surface area (TPSA) is 58.6 Å². The SMILES string of the molecule is CCOc1ccc(NCc2ccc(C(=O)O)cc2)c(C)c1. The summed E-state index contributed by atoms with van der Waals surface area (Å²) in [4.78, 5) is 10.8. The fourth-order valence-electron chi connectivity index (χ4n) is 2.05. The first-order valence-corrected chi connectivity index (χ1v) is 6.89. The summed E-state index contributed by atoms with van der Waals surface area (Å²) in [6.45, 7) is 5.29. The lowest BCUT2D eigenvalue weighted by atomic mass is 10.1. The fraction of sp³-hybridized carbons (Fsp3) is 0.235. The number of hydrogen-bond donors (Lipinski definition) is 2. The van der Waals surface area contributed by atoms with Crippen LogP contribution in [0.2, 0.25) is 0 Å². The lowest BCUT2D eigenvalue weighted by molar-refractivity contribution is 0.0697. The zero-order valence-electron chi connectivity index (χ0n) is 12.2. The van der Waals surface area contributed by atoms with E-state index in [-0.39, 0.29) is 0 Å². The van der Waals surface area contributed by atoms with E-state index >= 15 is 0 Å². The molecule has 0 bridgehead atoms. The molecule has 0 saturated heterocycles. The van der Waals surface area contributed by atoms with E-state index in [1.807, 2.05) is 44.2 Å². The van der Waals surface area contributed by atoms with Gasteiger partial charge in [0.25, 0.3) is 0 Å². The Morgan fingerprint density at radius 3 is 2.48 bits per heavy atom. The third-order valence-electron chi connectivity index (χ3n) is 3.19. The number of carboxylic acid groups (broad SMARTS) is 1. The number of aryl methyl sites for hydroxylation is 1. The van der Waals surface area contributed by atoms with E-state index in [2.05, 4.69) is 5.32 Å². The second-order valence-electron chi connectivity index (χ2n) is 4.77. The molecule has 0 spiro atoms. The van der Waals surface area contributed by atoms with Crippen LogP contribution < -0.4 is 10.1 Å². The zero-order chi connectivity index (χ0) is 15.2. The molecule has 0 aliphatic carbocycles. The van der Waals surface area contributed by atoms with Crippen LogP contribution in [0, 0.1) is 6.92 Å². The van der Waals surface area contributed by atoms with Crippen LogP contribution in [-0.4, -0.2) is 17.7 Å². The first-order valence-electron chi connectivity index (χ1n) is 6.89. The molecule has 2 aromatic rings. The molecule has 2 aromatic carbocycles. The van der Waals surface area contributed by atoms with Crippen LogP contribution in [0.25, 0.3) is 0 Å². The summed E-state index contributed by atoms with van der Waals surface area (Å²) in [5.74, 6) is -0.0387. The molecule has 0 radical (unpaired) electrons. The lowest BCUT2D eigenvalue weighted by Crippen LogP contribution is -2.02. The molecule has 0 aromatic heterocycles. The number of hydrogen-bond acceptors (Lipinski definition) is 3. The van der Waals surface area contributed by atoms with Gasteiger partial charge in [-0.25, -0.2) is 4.79 Å². The number of benzene rings is 2. The van der Waals surface area contributed by atoms with Gasteiger partial charge in [-0.05, 0) is 55.3 Å². The van der Waals surface area contributed by atoms with Crippen molar-refractivity contribution in [1.82, 2.24) is 0 Å². The van der Waals surface area contributed by atoms with Gasteiger partial charge in [0.05, 0.1) is 12.2 Å². The van der Waals surface area contributed by atoms with Crippen molar-refractivity contribution in [3.05, 3.63) is 59.2 Å². The van der Waals surface area contributed by atoms with E-state index in [1.165, 1.54) is 0 Å². The molecule has 0 fully saturated rings. The van der Waals surface area contributed by atoms with Crippen molar-refractivity contribution in [1.29, 1.82) is 0 Å². The minimum Gasteiger partial charge on any atom is -0.494 e. The Hall–Kier alpha value is -2.49. The molecule has 0 heterocycles. The number of carbonyl (C=O) groups is 1. The van der Waals surface area contributed by atoms with E-state index in [1.54, 1.807) is 12.1 Å². The summed E-state index contributed by atoms with van der Waals surface area (Å²) in [5.41, 5.74) is 3.49. The third-order valence-corrected chi connectivity index (χ3v) is 3.19. The maximum absolute atomic E-state index is 10.8. The van der Waals surface area contributed by atoms with E-state index in [0.717, 1.165) is 22.6 Å². The van der Waals surface area contributed by atoms with Crippen LogP contribution in [0.4, 0.5) is 5.69 Å². The molecule has 2 N–H and O–H groups in total. The number of rotatable bonds is 6. The van der Waals surface area contributed by atoms with E-state index in [4.69, 9.17) is 9.84 Å². The molecule has 0 atom stereocenters. The maximum atomic E-state index is 10.8. The predicted octanol–water partition coefficient (Wildman–Crippen LogP) is 3.70. The summed E-state index contributed by atoms with van der Waals surface area (Å²) in [6, 6.07) is 12.8. The summed E-state index contributed by atoms with van der Waals surface area (Å²) >= 11 is 0. The molecule has 0 saturated carbocycles. The Morgan fingerprint density at radius 1 is 1.19 bits per heavy atom. The molecule has 0 amide bonds. The highest BCUT2D eigenvalue weighted by atomic mass is 16.5. The number of carboxylic acids is 1. The van der Waals surface area contributed by atoms with Gasteiger partial charge >= 0.3 is 5.97 Å². The highest BCUT2D eigenvalue weighted by Gasteiger charge is 2.03. The first kappa shape index (κ1) is 14.9. The van der Waals surface area contributed by atoms with Gasteiger partial charge in [-0.2, -0.15) is 0 Å². The van der Waals surface area contributed by atoms with Crippen LogP contribution in [0.15, 0.2) is 42.5 Å². The standard InChI is InChI=1S/C17H19NO3/c1-3-21-15-8-9-16(12(2)10-15)18-11-13-4-6-14(7-5-13)17(19)20/h4-10,18H,3,11H2,1-2H3,(H,19,20). The fourth-order valence-corrected chi connectivity index (χ4v) is 2.05. The van der Waals surface area contributed by atoms with Crippen LogP contribution in [0.3, 0.4) is 0 Å².